The van der Waals surface area contributed by atoms with Crippen LogP contribution in [0.2, 0.25) is 5.02 Å². The van der Waals surface area contributed by atoms with Crippen molar-refractivity contribution in [1.29, 1.82) is 0 Å². The molecule has 1 aliphatic heterocycles. The molecule has 0 saturated heterocycles. The zero-order chi connectivity index (χ0) is 17.9. The molecule has 2 heterocycles. The maximum atomic E-state index is 6.24. The third kappa shape index (κ3) is 3.36. The summed E-state index contributed by atoms with van der Waals surface area (Å²) in [6, 6.07) is 17.5. The number of halogens is 1. The van der Waals surface area contributed by atoms with Crippen LogP contribution < -0.4 is 10.2 Å². The number of aliphatic imine (C=N–C) groups is 1. The minimum Gasteiger partial charge on any atom is -0.494 e. The second-order valence-corrected chi connectivity index (χ2v) is 7.01. The second kappa shape index (κ2) is 7.32. The van der Waals surface area contributed by atoms with Gasteiger partial charge in [-0.2, -0.15) is 5.10 Å². The highest BCUT2D eigenvalue weighted by Gasteiger charge is 2.18. The summed E-state index contributed by atoms with van der Waals surface area (Å²) in [6.45, 7) is 2.60. The van der Waals surface area contributed by atoms with E-state index in [0.29, 0.717) is 11.6 Å². The highest BCUT2D eigenvalue weighted by Crippen LogP contribution is 2.29. The minimum atomic E-state index is 0.637. The number of hydrogen-bond acceptors (Lipinski definition) is 5. The van der Waals surface area contributed by atoms with E-state index >= 15 is 0 Å². The minimum absolute atomic E-state index is 0.637. The Morgan fingerprint density at radius 3 is 2.69 bits per heavy atom. The Bertz CT molecular complexity index is 979. The van der Waals surface area contributed by atoms with Crippen molar-refractivity contribution in [2.45, 2.75) is 6.92 Å². The van der Waals surface area contributed by atoms with E-state index in [-0.39, 0.29) is 0 Å². The van der Waals surface area contributed by atoms with Gasteiger partial charge in [-0.25, -0.2) is 4.99 Å². The highest BCUT2D eigenvalue weighted by molar-refractivity contribution is 7.12. The first kappa shape index (κ1) is 16.8. The molecule has 130 valence electrons. The van der Waals surface area contributed by atoms with E-state index in [0.717, 1.165) is 39.0 Å². The lowest BCUT2D eigenvalue weighted by atomic mass is 10.0. The number of ether oxygens (including phenoxy) is 1. The van der Waals surface area contributed by atoms with Gasteiger partial charge in [-0.1, -0.05) is 17.7 Å². The van der Waals surface area contributed by atoms with Crippen molar-refractivity contribution in [1.82, 2.24) is 5.43 Å². The summed E-state index contributed by atoms with van der Waals surface area (Å²) < 4.78 is 5.53. The van der Waals surface area contributed by atoms with Crippen LogP contribution in [-0.4, -0.2) is 18.2 Å². The summed E-state index contributed by atoms with van der Waals surface area (Å²) in [4.78, 5) is 5.79. The fourth-order valence-electron chi connectivity index (χ4n) is 2.73. The molecule has 1 aliphatic rings. The Kier molecular flexibility index (Phi) is 4.73. The number of nitrogens with zero attached hydrogens (tertiary/aromatic N) is 2. The summed E-state index contributed by atoms with van der Waals surface area (Å²) in [5.74, 6) is 1.56. The van der Waals surface area contributed by atoms with Crippen LogP contribution in [0.1, 0.15) is 22.9 Å². The van der Waals surface area contributed by atoms with Gasteiger partial charge in [0.1, 0.15) is 11.5 Å². The zero-order valence-corrected chi connectivity index (χ0v) is 15.6. The molecule has 0 atom stereocenters. The van der Waals surface area contributed by atoms with E-state index in [1.807, 2.05) is 66.9 Å². The van der Waals surface area contributed by atoms with Crippen molar-refractivity contribution in [2.24, 2.45) is 10.1 Å². The monoisotopic (exact) mass is 381 g/mol. The molecule has 0 amide bonds. The Labute approximate surface area is 160 Å². The second-order valence-electron chi connectivity index (χ2n) is 5.63. The Morgan fingerprint density at radius 1 is 1.12 bits per heavy atom. The maximum absolute atomic E-state index is 6.24. The van der Waals surface area contributed by atoms with Gasteiger partial charge < -0.3 is 4.74 Å². The molecule has 0 fully saturated rings. The molecule has 0 radical (unpaired) electrons. The number of nitrogens with one attached hydrogen (secondary N) is 1. The van der Waals surface area contributed by atoms with Gasteiger partial charge in [0, 0.05) is 16.1 Å². The molecule has 3 aromatic rings. The number of amidine groups is 1. The van der Waals surface area contributed by atoms with Crippen molar-refractivity contribution < 1.29 is 4.74 Å². The van der Waals surface area contributed by atoms with Crippen molar-refractivity contribution in [3.05, 3.63) is 81.0 Å². The van der Waals surface area contributed by atoms with Crippen LogP contribution in [0.4, 0.5) is 5.69 Å². The van der Waals surface area contributed by atoms with Crippen LogP contribution in [0.3, 0.4) is 0 Å². The first-order valence-electron chi connectivity index (χ1n) is 8.24. The average Bonchev–Trinajstić information content (AvgIpc) is 3.12. The molecule has 1 N–H and O–H groups in total. The van der Waals surface area contributed by atoms with E-state index in [1.54, 1.807) is 11.3 Å². The Balaban J connectivity index is 1.80. The lowest BCUT2D eigenvalue weighted by molar-refractivity contribution is 0.340. The molecule has 0 bridgehead atoms. The molecule has 6 heteroatoms. The molecule has 0 saturated carbocycles. The highest BCUT2D eigenvalue weighted by atomic mass is 35.5. The number of fused-ring (bicyclic) bond motifs is 1. The molecule has 0 aliphatic carbocycles. The number of benzene rings is 2. The van der Waals surface area contributed by atoms with Gasteiger partial charge in [-0.05, 0) is 60.8 Å². The third-order valence-electron chi connectivity index (χ3n) is 3.91. The Hall–Kier alpha value is -2.63. The van der Waals surface area contributed by atoms with Gasteiger partial charge in [0.2, 0.25) is 0 Å². The molecule has 1 aromatic heterocycles. The summed E-state index contributed by atoms with van der Waals surface area (Å²) in [5.41, 5.74) is 6.59. The van der Waals surface area contributed by atoms with Crippen LogP contribution in [0, 0.1) is 0 Å². The number of hydrogen-bond donors (Lipinski definition) is 1. The van der Waals surface area contributed by atoms with Gasteiger partial charge >= 0.3 is 0 Å². The van der Waals surface area contributed by atoms with E-state index < -0.39 is 0 Å². The lowest BCUT2D eigenvalue weighted by Gasteiger charge is -2.09. The van der Waals surface area contributed by atoms with E-state index in [2.05, 4.69) is 10.5 Å². The van der Waals surface area contributed by atoms with Crippen molar-refractivity contribution in [3.63, 3.8) is 0 Å². The van der Waals surface area contributed by atoms with Gasteiger partial charge in [-0.3, -0.25) is 5.43 Å². The normalized spacial score (nSPS) is 13.2. The topological polar surface area (TPSA) is 46.0 Å². The first-order valence-corrected chi connectivity index (χ1v) is 9.50. The quantitative estimate of drug-likeness (QED) is 0.672. The van der Waals surface area contributed by atoms with E-state index in [1.165, 1.54) is 0 Å². The molecule has 26 heavy (non-hydrogen) atoms. The Morgan fingerprint density at radius 2 is 1.96 bits per heavy atom. The number of hydrazone groups is 1. The summed E-state index contributed by atoms with van der Waals surface area (Å²) in [5, 5.41) is 7.30. The molecule has 4 nitrogen and oxygen atoms in total. The van der Waals surface area contributed by atoms with Crippen LogP contribution in [0.15, 0.2) is 70.1 Å². The fourth-order valence-corrected chi connectivity index (χ4v) is 3.57. The predicted molar refractivity (Wildman–Crippen MR) is 108 cm³/mol. The average molecular weight is 382 g/mol. The summed E-state index contributed by atoms with van der Waals surface area (Å²) in [7, 11) is 0. The van der Waals surface area contributed by atoms with Crippen LogP contribution in [0.5, 0.6) is 5.75 Å². The number of rotatable bonds is 4. The van der Waals surface area contributed by atoms with Gasteiger partial charge in [0.05, 0.1) is 17.2 Å². The van der Waals surface area contributed by atoms with E-state index in [4.69, 9.17) is 21.3 Å². The maximum Gasteiger partial charge on any atom is 0.164 e. The largest absolute Gasteiger partial charge is 0.494 e. The van der Waals surface area contributed by atoms with Crippen LogP contribution in [-0.2, 0) is 0 Å². The van der Waals surface area contributed by atoms with E-state index in [9.17, 15) is 0 Å². The summed E-state index contributed by atoms with van der Waals surface area (Å²) >= 11 is 7.86. The van der Waals surface area contributed by atoms with Crippen molar-refractivity contribution >= 4 is 40.2 Å². The zero-order valence-electron chi connectivity index (χ0n) is 14.1. The SMILES string of the molecule is CCOc1ccc(C2=NNC(c3cccs3)=Nc3ccc(Cl)cc32)cc1. The van der Waals surface area contributed by atoms with Crippen LogP contribution >= 0.6 is 22.9 Å². The fraction of sp³-hybridized carbons (Fsp3) is 0.100. The molecule has 0 unspecified atom stereocenters. The first-order chi connectivity index (χ1) is 12.7. The molecule has 0 spiro atoms. The molecule has 2 aromatic carbocycles. The van der Waals surface area contributed by atoms with Crippen molar-refractivity contribution in [2.75, 3.05) is 6.61 Å². The van der Waals surface area contributed by atoms with Gasteiger partial charge in [0.25, 0.3) is 0 Å². The summed E-state index contributed by atoms with van der Waals surface area (Å²) in [6.07, 6.45) is 0. The molecular weight excluding hydrogens is 366 g/mol. The standard InChI is InChI=1S/C20H16ClN3OS/c1-2-25-15-8-5-13(6-9-15)19-16-12-14(21)7-10-17(16)22-20(24-23-19)18-4-3-11-26-18/h3-12H,2H2,1H3,(H,22,24). The molecular formula is C20H16ClN3OS. The predicted octanol–water partition coefficient (Wildman–Crippen LogP) is 5.23. The smallest absolute Gasteiger partial charge is 0.164 e. The molecule has 4 rings (SSSR count). The number of thiophene rings is 1. The van der Waals surface area contributed by atoms with Gasteiger partial charge in [0.15, 0.2) is 5.84 Å². The lowest BCUT2D eigenvalue weighted by Crippen LogP contribution is -2.18. The van der Waals surface area contributed by atoms with Gasteiger partial charge in [-0.15, -0.1) is 11.3 Å². The third-order valence-corrected chi connectivity index (χ3v) is 5.02. The van der Waals surface area contributed by atoms with Crippen molar-refractivity contribution in [3.8, 4) is 5.75 Å². The van der Waals surface area contributed by atoms with Crippen LogP contribution in [0.25, 0.3) is 0 Å².